The van der Waals surface area contributed by atoms with E-state index in [2.05, 4.69) is 22.0 Å². The first-order valence-corrected chi connectivity index (χ1v) is 9.03. The molecule has 0 aromatic carbocycles. The van der Waals surface area contributed by atoms with E-state index < -0.39 is 0 Å². The predicted octanol–water partition coefficient (Wildman–Crippen LogP) is 1.44. The summed E-state index contributed by atoms with van der Waals surface area (Å²) in [5.41, 5.74) is -0.0498. The van der Waals surface area contributed by atoms with Crippen LogP contribution in [0.5, 0.6) is 0 Å². The Bertz CT molecular complexity index is 322. The van der Waals surface area contributed by atoms with Gasteiger partial charge in [-0.05, 0) is 52.0 Å². The molecule has 21 heavy (non-hydrogen) atoms. The van der Waals surface area contributed by atoms with Gasteiger partial charge in [0.25, 0.3) is 0 Å². The molecule has 3 fully saturated rings. The fourth-order valence-electron chi connectivity index (χ4n) is 3.56. The van der Waals surface area contributed by atoms with Crippen molar-refractivity contribution in [1.29, 1.82) is 0 Å². The lowest BCUT2D eigenvalue weighted by Gasteiger charge is -2.35. The van der Waals surface area contributed by atoms with Gasteiger partial charge in [0.1, 0.15) is 0 Å². The van der Waals surface area contributed by atoms with Crippen LogP contribution in [-0.2, 0) is 0 Å². The molecule has 3 rings (SSSR count). The lowest BCUT2D eigenvalue weighted by Crippen LogP contribution is -2.48. The molecule has 0 bridgehead atoms. The summed E-state index contributed by atoms with van der Waals surface area (Å²) in [6.45, 7) is 8.76. The third-order valence-electron chi connectivity index (χ3n) is 5.40. The minimum atomic E-state index is -0.0498. The van der Waals surface area contributed by atoms with Crippen molar-refractivity contribution in [1.82, 2.24) is 15.1 Å². The number of aliphatic hydroxyl groups is 1. The van der Waals surface area contributed by atoms with Crippen molar-refractivity contribution in [3.63, 3.8) is 0 Å². The summed E-state index contributed by atoms with van der Waals surface area (Å²) in [5, 5.41) is 13.2. The van der Waals surface area contributed by atoms with E-state index in [1.165, 1.54) is 71.2 Å². The molecule has 0 aromatic rings. The highest BCUT2D eigenvalue weighted by molar-refractivity contribution is 4.92. The average Bonchev–Trinajstić information content (AvgIpc) is 3.37. The Kier molecular flexibility index (Phi) is 5.20. The number of hydrogen-bond donors (Lipinski definition) is 2. The summed E-state index contributed by atoms with van der Waals surface area (Å²) >= 11 is 0. The Morgan fingerprint density at radius 1 is 1.05 bits per heavy atom. The lowest BCUT2D eigenvalue weighted by molar-refractivity contribution is 0.121. The van der Waals surface area contributed by atoms with Crippen LogP contribution >= 0.6 is 0 Å². The van der Waals surface area contributed by atoms with E-state index >= 15 is 0 Å². The molecule has 2 saturated carbocycles. The first kappa shape index (κ1) is 15.7. The quantitative estimate of drug-likeness (QED) is 0.631. The van der Waals surface area contributed by atoms with Crippen LogP contribution < -0.4 is 5.32 Å². The van der Waals surface area contributed by atoms with Crippen molar-refractivity contribution in [2.75, 3.05) is 39.3 Å². The fourth-order valence-corrected chi connectivity index (χ4v) is 3.56. The monoisotopic (exact) mass is 295 g/mol. The number of unbranched alkanes of at least 4 members (excludes halogenated alkanes) is 1. The van der Waals surface area contributed by atoms with E-state index in [0.717, 1.165) is 12.5 Å². The van der Waals surface area contributed by atoms with Crippen molar-refractivity contribution in [3.05, 3.63) is 0 Å². The summed E-state index contributed by atoms with van der Waals surface area (Å²) in [6.07, 6.45) is 9.05. The molecule has 4 heteroatoms. The van der Waals surface area contributed by atoms with Crippen LogP contribution in [0.15, 0.2) is 0 Å². The average molecular weight is 295 g/mol. The Labute approximate surface area is 129 Å². The van der Waals surface area contributed by atoms with Gasteiger partial charge in [0.05, 0.1) is 6.61 Å². The number of nitrogens with zero attached hydrogens (tertiary/aromatic N) is 2. The molecule has 0 radical (unpaired) electrons. The van der Waals surface area contributed by atoms with Gasteiger partial charge >= 0.3 is 0 Å². The van der Waals surface area contributed by atoms with Crippen molar-refractivity contribution in [2.45, 2.75) is 69.5 Å². The zero-order chi connectivity index (χ0) is 14.7. The number of aliphatic hydroxyl groups excluding tert-OH is 1. The van der Waals surface area contributed by atoms with Crippen molar-refractivity contribution in [2.24, 2.45) is 0 Å². The van der Waals surface area contributed by atoms with Crippen LogP contribution in [0.3, 0.4) is 0 Å². The first-order valence-electron chi connectivity index (χ1n) is 9.03. The third kappa shape index (κ3) is 4.92. The fraction of sp³-hybridized carbons (Fsp3) is 1.00. The van der Waals surface area contributed by atoms with Gasteiger partial charge in [-0.3, -0.25) is 4.90 Å². The standard InChI is InChI=1S/C17H33N3O/c1-17(14-21,18-15-4-5-15)8-2-3-9-19-10-12-20(13-11-19)16-6-7-16/h15-16,18,21H,2-14H2,1H3. The van der Waals surface area contributed by atoms with Gasteiger partial charge in [0, 0.05) is 43.8 Å². The van der Waals surface area contributed by atoms with Crippen LogP contribution in [-0.4, -0.2) is 71.9 Å². The summed E-state index contributed by atoms with van der Waals surface area (Å²) in [5.74, 6) is 0. The summed E-state index contributed by atoms with van der Waals surface area (Å²) in [4.78, 5) is 5.31. The Morgan fingerprint density at radius 3 is 2.33 bits per heavy atom. The summed E-state index contributed by atoms with van der Waals surface area (Å²) in [7, 11) is 0. The Hall–Kier alpha value is -0.160. The maximum absolute atomic E-state index is 9.62. The number of rotatable bonds is 9. The molecule has 2 aliphatic carbocycles. The SMILES string of the molecule is CC(CO)(CCCCN1CCN(C2CC2)CC1)NC1CC1. The maximum Gasteiger partial charge on any atom is 0.0610 e. The molecule has 1 atom stereocenters. The molecule has 4 nitrogen and oxygen atoms in total. The van der Waals surface area contributed by atoms with Gasteiger partial charge in [-0.2, -0.15) is 0 Å². The zero-order valence-electron chi connectivity index (χ0n) is 13.7. The van der Waals surface area contributed by atoms with Gasteiger partial charge in [0.2, 0.25) is 0 Å². The molecule has 0 aromatic heterocycles. The normalized spacial score (nSPS) is 27.7. The molecular formula is C17H33N3O. The van der Waals surface area contributed by atoms with E-state index in [1.54, 1.807) is 0 Å². The maximum atomic E-state index is 9.62. The molecule has 3 aliphatic rings. The number of hydrogen-bond acceptors (Lipinski definition) is 4. The van der Waals surface area contributed by atoms with E-state index in [0.29, 0.717) is 6.04 Å². The molecular weight excluding hydrogens is 262 g/mol. The van der Waals surface area contributed by atoms with Gasteiger partial charge in [0.15, 0.2) is 0 Å². The zero-order valence-corrected chi connectivity index (χ0v) is 13.7. The third-order valence-corrected chi connectivity index (χ3v) is 5.40. The van der Waals surface area contributed by atoms with Crippen molar-refractivity contribution >= 4 is 0 Å². The molecule has 1 saturated heterocycles. The van der Waals surface area contributed by atoms with Crippen LogP contribution in [0.1, 0.15) is 51.9 Å². The summed E-state index contributed by atoms with van der Waals surface area (Å²) < 4.78 is 0. The second-order valence-corrected chi connectivity index (χ2v) is 7.70. The van der Waals surface area contributed by atoms with Gasteiger partial charge in [-0.25, -0.2) is 0 Å². The smallest absolute Gasteiger partial charge is 0.0610 e. The topological polar surface area (TPSA) is 38.7 Å². The van der Waals surface area contributed by atoms with Crippen LogP contribution in [0.4, 0.5) is 0 Å². The molecule has 1 heterocycles. The largest absolute Gasteiger partial charge is 0.394 e. The molecule has 0 amide bonds. The first-order chi connectivity index (χ1) is 10.2. The summed E-state index contributed by atoms with van der Waals surface area (Å²) in [6, 6.07) is 1.61. The number of piperazine rings is 1. The molecule has 1 aliphatic heterocycles. The molecule has 2 N–H and O–H groups in total. The lowest BCUT2D eigenvalue weighted by atomic mass is 9.95. The minimum Gasteiger partial charge on any atom is -0.394 e. The second kappa shape index (κ2) is 6.95. The predicted molar refractivity (Wildman–Crippen MR) is 86.5 cm³/mol. The Balaban J connectivity index is 1.27. The highest BCUT2D eigenvalue weighted by atomic mass is 16.3. The van der Waals surface area contributed by atoms with Crippen LogP contribution in [0.25, 0.3) is 0 Å². The second-order valence-electron chi connectivity index (χ2n) is 7.70. The van der Waals surface area contributed by atoms with Crippen LogP contribution in [0.2, 0.25) is 0 Å². The van der Waals surface area contributed by atoms with Gasteiger partial charge in [-0.1, -0.05) is 6.42 Å². The minimum absolute atomic E-state index is 0.0498. The molecule has 122 valence electrons. The van der Waals surface area contributed by atoms with E-state index in [4.69, 9.17) is 0 Å². The van der Waals surface area contributed by atoms with Crippen molar-refractivity contribution in [3.8, 4) is 0 Å². The number of nitrogens with one attached hydrogen (secondary N) is 1. The van der Waals surface area contributed by atoms with Crippen molar-refractivity contribution < 1.29 is 5.11 Å². The Morgan fingerprint density at radius 2 is 1.76 bits per heavy atom. The van der Waals surface area contributed by atoms with Crippen LogP contribution in [0, 0.1) is 0 Å². The van der Waals surface area contributed by atoms with E-state index in [9.17, 15) is 5.11 Å². The molecule has 1 unspecified atom stereocenters. The van der Waals surface area contributed by atoms with E-state index in [1.807, 2.05) is 0 Å². The molecule has 0 spiro atoms. The van der Waals surface area contributed by atoms with Gasteiger partial charge in [-0.15, -0.1) is 0 Å². The highest BCUT2D eigenvalue weighted by Crippen LogP contribution is 2.27. The highest BCUT2D eigenvalue weighted by Gasteiger charge is 2.32. The van der Waals surface area contributed by atoms with Gasteiger partial charge < -0.3 is 15.3 Å². The van der Waals surface area contributed by atoms with E-state index in [-0.39, 0.29) is 12.1 Å².